The molecule has 132 valence electrons. The first-order valence-electron chi connectivity index (χ1n) is 9.34. The molecule has 2 saturated heterocycles. The number of nitrogens with one attached hydrogen (secondary N) is 1. The monoisotopic (exact) mass is 323 g/mol. The van der Waals surface area contributed by atoms with Gasteiger partial charge < -0.3 is 10.2 Å². The van der Waals surface area contributed by atoms with E-state index in [1.165, 1.54) is 19.3 Å². The normalized spacial score (nSPS) is 29.1. The lowest BCUT2D eigenvalue weighted by Gasteiger charge is -2.39. The van der Waals surface area contributed by atoms with Crippen molar-refractivity contribution in [1.82, 2.24) is 15.1 Å². The Balaban J connectivity index is 1.66. The maximum Gasteiger partial charge on any atom is 0.239 e. The molecule has 2 aliphatic rings. The van der Waals surface area contributed by atoms with Gasteiger partial charge in [0.1, 0.15) is 0 Å². The fraction of sp³-hybridized carbons (Fsp3) is 0.889. The molecule has 2 fully saturated rings. The molecule has 2 rings (SSSR count). The second-order valence-corrected chi connectivity index (χ2v) is 7.19. The van der Waals surface area contributed by atoms with E-state index in [1.54, 1.807) is 4.90 Å². The van der Waals surface area contributed by atoms with E-state index in [2.05, 4.69) is 31.0 Å². The number of piperidine rings is 1. The number of rotatable bonds is 7. The summed E-state index contributed by atoms with van der Waals surface area (Å²) in [4.78, 5) is 28.2. The second kappa shape index (κ2) is 8.67. The molecule has 3 atom stereocenters. The van der Waals surface area contributed by atoms with Crippen molar-refractivity contribution in [2.45, 2.75) is 83.8 Å². The first kappa shape index (κ1) is 18.2. The number of hydrogen-bond acceptors (Lipinski definition) is 3. The molecule has 0 aromatic rings. The number of carbonyl (C=O) groups is 2. The summed E-state index contributed by atoms with van der Waals surface area (Å²) in [5, 5.41) is 2.98. The fourth-order valence-corrected chi connectivity index (χ4v) is 4.05. The third-order valence-corrected chi connectivity index (χ3v) is 5.53. The maximum atomic E-state index is 12.1. The Morgan fingerprint density at radius 1 is 1.22 bits per heavy atom. The molecule has 5 nitrogen and oxygen atoms in total. The van der Waals surface area contributed by atoms with E-state index in [0.717, 1.165) is 25.8 Å². The van der Waals surface area contributed by atoms with Crippen LogP contribution in [0.1, 0.15) is 65.7 Å². The van der Waals surface area contributed by atoms with Crippen LogP contribution in [0.2, 0.25) is 0 Å². The molecule has 2 aliphatic heterocycles. The van der Waals surface area contributed by atoms with Gasteiger partial charge in [-0.3, -0.25) is 14.5 Å². The Morgan fingerprint density at radius 2 is 1.91 bits per heavy atom. The van der Waals surface area contributed by atoms with E-state index in [9.17, 15) is 9.59 Å². The van der Waals surface area contributed by atoms with Crippen molar-refractivity contribution in [3.63, 3.8) is 0 Å². The Kier molecular flexibility index (Phi) is 6.88. The molecule has 0 spiro atoms. The third kappa shape index (κ3) is 4.93. The van der Waals surface area contributed by atoms with Crippen LogP contribution in [0.15, 0.2) is 0 Å². The zero-order valence-electron chi connectivity index (χ0n) is 15.0. The fourth-order valence-electron chi connectivity index (χ4n) is 4.05. The lowest BCUT2D eigenvalue weighted by molar-refractivity contribution is -0.134. The van der Waals surface area contributed by atoms with Crippen molar-refractivity contribution in [1.29, 1.82) is 0 Å². The molecule has 0 aromatic carbocycles. The molecule has 1 N–H and O–H groups in total. The highest BCUT2D eigenvalue weighted by Gasteiger charge is 2.30. The SMILES string of the molecule is CCC1CCC(=O)N1CC(=O)NCCCN1C(C)CCCC1C. The number of carbonyl (C=O) groups excluding carboxylic acids is 2. The minimum atomic E-state index is -0.0153. The van der Waals surface area contributed by atoms with Crippen molar-refractivity contribution in [2.75, 3.05) is 19.6 Å². The molecular weight excluding hydrogens is 290 g/mol. The number of amides is 2. The molecule has 3 unspecified atom stereocenters. The van der Waals surface area contributed by atoms with Gasteiger partial charge in [-0.1, -0.05) is 13.3 Å². The molecule has 0 aliphatic carbocycles. The van der Waals surface area contributed by atoms with Gasteiger partial charge in [-0.15, -0.1) is 0 Å². The summed E-state index contributed by atoms with van der Waals surface area (Å²) in [7, 11) is 0. The van der Waals surface area contributed by atoms with Crippen LogP contribution in [0, 0.1) is 0 Å². The quantitative estimate of drug-likeness (QED) is 0.731. The van der Waals surface area contributed by atoms with Gasteiger partial charge in [0.2, 0.25) is 11.8 Å². The van der Waals surface area contributed by atoms with E-state index in [-0.39, 0.29) is 24.4 Å². The minimum Gasteiger partial charge on any atom is -0.355 e. The maximum absolute atomic E-state index is 12.1. The Labute approximate surface area is 140 Å². The zero-order valence-corrected chi connectivity index (χ0v) is 15.0. The highest BCUT2D eigenvalue weighted by Crippen LogP contribution is 2.22. The number of nitrogens with zero attached hydrogens (tertiary/aromatic N) is 2. The molecule has 2 heterocycles. The van der Waals surface area contributed by atoms with E-state index in [1.807, 2.05) is 0 Å². The van der Waals surface area contributed by atoms with E-state index >= 15 is 0 Å². The van der Waals surface area contributed by atoms with Crippen molar-refractivity contribution < 1.29 is 9.59 Å². The van der Waals surface area contributed by atoms with E-state index < -0.39 is 0 Å². The summed E-state index contributed by atoms with van der Waals surface area (Å²) in [6.45, 7) is 8.66. The Bertz CT molecular complexity index is 403. The van der Waals surface area contributed by atoms with Crippen LogP contribution in [0.4, 0.5) is 0 Å². The van der Waals surface area contributed by atoms with Gasteiger partial charge in [-0.05, 0) is 46.0 Å². The number of hydrogen-bond donors (Lipinski definition) is 1. The first-order chi connectivity index (χ1) is 11.0. The predicted octanol–water partition coefficient (Wildman–Crippen LogP) is 2.16. The number of likely N-dealkylation sites (tertiary alicyclic amines) is 2. The highest BCUT2D eigenvalue weighted by atomic mass is 16.2. The predicted molar refractivity (Wildman–Crippen MR) is 92.1 cm³/mol. The summed E-state index contributed by atoms with van der Waals surface area (Å²) in [6, 6.07) is 1.56. The summed E-state index contributed by atoms with van der Waals surface area (Å²) >= 11 is 0. The van der Waals surface area contributed by atoms with Gasteiger partial charge in [-0.25, -0.2) is 0 Å². The molecule has 0 bridgehead atoms. The summed E-state index contributed by atoms with van der Waals surface area (Å²) in [5.41, 5.74) is 0. The van der Waals surface area contributed by atoms with Crippen molar-refractivity contribution in [3.8, 4) is 0 Å². The molecule has 0 saturated carbocycles. The van der Waals surface area contributed by atoms with Crippen LogP contribution >= 0.6 is 0 Å². The molecule has 23 heavy (non-hydrogen) atoms. The third-order valence-electron chi connectivity index (χ3n) is 5.53. The van der Waals surface area contributed by atoms with Crippen LogP contribution < -0.4 is 5.32 Å². The lowest BCUT2D eigenvalue weighted by Crippen LogP contribution is -2.45. The lowest BCUT2D eigenvalue weighted by atomic mass is 9.97. The van der Waals surface area contributed by atoms with Gasteiger partial charge in [0.15, 0.2) is 0 Å². The van der Waals surface area contributed by atoms with Gasteiger partial charge >= 0.3 is 0 Å². The van der Waals surface area contributed by atoms with Crippen molar-refractivity contribution >= 4 is 11.8 Å². The van der Waals surface area contributed by atoms with Crippen LogP contribution in [0.5, 0.6) is 0 Å². The Hall–Kier alpha value is -1.10. The molecular formula is C18H33N3O2. The summed E-state index contributed by atoms with van der Waals surface area (Å²) in [5.74, 6) is 0.112. The average Bonchev–Trinajstić information content (AvgIpc) is 2.86. The highest BCUT2D eigenvalue weighted by molar-refractivity contribution is 5.86. The van der Waals surface area contributed by atoms with E-state index in [4.69, 9.17) is 0 Å². The smallest absolute Gasteiger partial charge is 0.239 e. The standard InChI is InChI=1S/C18H33N3O2/c1-4-16-9-10-18(23)21(16)13-17(22)19-11-6-12-20-14(2)7-5-8-15(20)3/h14-16H,4-13H2,1-3H3,(H,19,22). The van der Waals surface area contributed by atoms with Crippen LogP contribution in [-0.2, 0) is 9.59 Å². The van der Waals surface area contributed by atoms with Crippen LogP contribution in [0.3, 0.4) is 0 Å². The van der Waals surface area contributed by atoms with Crippen LogP contribution in [-0.4, -0.2) is 59.4 Å². The van der Waals surface area contributed by atoms with Gasteiger partial charge in [0.25, 0.3) is 0 Å². The molecule has 2 amide bonds. The minimum absolute atomic E-state index is 0.0153. The van der Waals surface area contributed by atoms with Crippen molar-refractivity contribution in [3.05, 3.63) is 0 Å². The van der Waals surface area contributed by atoms with Gasteiger partial charge in [0, 0.05) is 37.6 Å². The molecule has 5 heteroatoms. The van der Waals surface area contributed by atoms with Crippen LogP contribution in [0.25, 0.3) is 0 Å². The molecule has 0 aromatic heterocycles. The summed E-state index contributed by atoms with van der Waals surface area (Å²) < 4.78 is 0. The van der Waals surface area contributed by atoms with Gasteiger partial charge in [0.05, 0.1) is 6.54 Å². The average molecular weight is 323 g/mol. The summed E-state index contributed by atoms with van der Waals surface area (Å²) in [6.07, 6.45) is 7.30. The molecule has 0 radical (unpaired) electrons. The topological polar surface area (TPSA) is 52.7 Å². The van der Waals surface area contributed by atoms with Gasteiger partial charge in [-0.2, -0.15) is 0 Å². The first-order valence-corrected chi connectivity index (χ1v) is 9.34. The van der Waals surface area contributed by atoms with E-state index in [0.29, 0.717) is 25.0 Å². The zero-order chi connectivity index (χ0) is 16.8. The van der Waals surface area contributed by atoms with Crippen molar-refractivity contribution in [2.24, 2.45) is 0 Å². The second-order valence-electron chi connectivity index (χ2n) is 7.19. The Morgan fingerprint density at radius 3 is 2.57 bits per heavy atom. The largest absolute Gasteiger partial charge is 0.355 e.